The summed E-state index contributed by atoms with van der Waals surface area (Å²) in [4.78, 5) is 12.2. The van der Waals surface area contributed by atoms with Crippen LogP contribution in [0.2, 0.25) is 0 Å². The van der Waals surface area contributed by atoms with Crippen LogP contribution in [0.1, 0.15) is 41.6 Å². The molecule has 3 nitrogen and oxygen atoms in total. The van der Waals surface area contributed by atoms with Gasteiger partial charge in [0.25, 0.3) is 5.91 Å². The topological polar surface area (TPSA) is 55.1 Å². The summed E-state index contributed by atoms with van der Waals surface area (Å²) in [5.41, 5.74) is 4.59. The summed E-state index contributed by atoms with van der Waals surface area (Å²) in [6.07, 6.45) is -1.20. The molecule has 1 fully saturated rings. The fraction of sp³-hybridized carbons (Fsp3) is 0.500. The summed E-state index contributed by atoms with van der Waals surface area (Å²) >= 11 is 2.99. The fourth-order valence-corrected chi connectivity index (χ4v) is 2.89. The van der Waals surface area contributed by atoms with E-state index in [2.05, 4.69) is 21.2 Å². The number of carbonyl (C=O) groups is 1. The molecular formula is C14H16BrF3N2O. The molecule has 1 aromatic rings. The summed E-state index contributed by atoms with van der Waals surface area (Å²) in [7, 11) is 0. The predicted molar refractivity (Wildman–Crippen MR) is 76.8 cm³/mol. The Morgan fingerprint density at radius 2 is 1.95 bits per heavy atom. The van der Waals surface area contributed by atoms with Crippen molar-refractivity contribution >= 4 is 21.8 Å². The molecule has 7 heteroatoms. The Morgan fingerprint density at radius 3 is 2.57 bits per heavy atom. The first-order valence-electron chi connectivity index (χ1n) is 6.72. The third kappa shape index (κ3) is 3.97. The molecule has 1 aromatic carbocycles. The Morgan fingerprint density at radius 1 is 1.29 bits per heavy atom. The highest BCUT2D eigenvalue weighted by Crippen LogP contribution is 2.34. The fourth-order valence-electron chi connectivity index (χ4n) is 2.53. The third-order valence-corrected chi connectivity index (χ3v) is 4.16. The van der Waals surface area contributed by atoms with E-state index < -0.39 is 17.6 Å². The molecule has 1 amide bonds. The van der Waals surface area contributed by atoms with E-state index in [1.165, 1.54) is 12.1 Å². The minimum atomic E-state index is -4.58. The largest absolute Gasteiger partial charge is 0.417 e. The smallest absolute Gasteiger partial charge is 0.348 e. The van der Waals surface area contributed by atoms with E-state index >= 15 is 0 Å². The Labute approximate surface area is 129 Å². The number of alkyl halides is 3. The van der Waals surface area contributed by atoms with Crippen LogP contribution >= 0.6 is 15.9 Å². The van der Waals surface area contributed by atoms with Crippen molar-refractivity contribution in [3.63, 3.8) is 0 Å². The lowest BCUT2D eigenvalue weighted by Gasteiger charge is -2.29. The lowest BCUT2D eigenvalue weighted by atomic mass is 9.90. The van der Waals surface area contributed by atoms with Crippen molar-refractivity contribution in [2.45, 2.75) is 43.9 Å². The highest BCUT2D eigenvalue weighted by molar-refractivity contribution is 9.10. The molecule has 2 atom stereocenters. The molecule has 116 valence electrons. The van der Waals surface area contributed by atoms with E-state index in [0.29, 0.717) is 6.42 Å². The monoisotopic (exact) mass is 364 g/mol. The van der Waals surface area contributed by atoms with Crippen molar-refractivity contribution in [2.24, 2.45) is 5.73 Å². The van der Waals surface area contributed by atoms with Gasteiger partial charge in [0.15, 0.2) is 0 Å². The molecule has 0 spiro atoms. The summed E-state index contributed by atoms with van der Waals surface area (Å²) < 4.78 is 39.3. The molecule has 0 aliphatic heterocycles. The number of benzene rings is 1. The standard InChI is InChI=1S/C14H16BrF3N2O/c15-8-5-6-9(10(7-8)14(16,17)18)13(21)20-12-4-2-1-3-11(12)19/h5-7,11-12H,1-4,19H2,(H,20,21)/t11-,12-/m1/s1. The zero-order chi connectivity index (χ0) is 15.6. The predicted octanol–water partition coefficient (Wildman–Crippen LogP) is 3.47. The van der Waals surface area contributed by atoms with E-state index in [4.69, 9.17) is 5.73 Å². The number of hydrogen-bond acceptors (Lipinski definition) is 2. The van der Waals surface area contributed by atoms with Crippen LogP contribution in [-0.4, -0.2) is 18.0 Å². The van der Waals surface area contributed by atoms with Gasteiger partial charge in [-0.1, -0.05) is 28.8 Å². The van der Waals surface area contributed by atoms with Crippen LogP contribution in [0, 0.1) is 0 Å². The molecule has 1 saturated carbocycles. The molecule has 0 aromatic heterocycles. The Balaban J connectivity index is 2.23. The van der Waals surface area contributed by atoms with Crippen molar-refractivity contribution in [1.29, 1.82) is 0 Å². The molecular weight excluding hydrogens is 349 g/mol. The van der Waals surface area contributed by atoms with E-state index in [0.717, 1.165) is 25.3 Å². The molecule has 0 radical (unpaired) electrons. The van der Waals surface area contributed by atoms with Crippen molar-refractivity contribution in [3.8, 4) is 0 Å². The van der Waals surface area contributed by atoms with Crippen LogP contribution in [0.5, 0.6) is 0 Å². The average Bonchev–Trinajstić information content (AvgIpc) is 2.40. The summed E-state index contributed by atoms with van der Waals surface area (Å²) in [6.45, 7) is 0. The zero-order valence-electron chi connectivity index (χ0n) is 11.2. The molecule has 0 bridgehead atoms. The first kappa shape index (κ1) is 16.3. The quantitative estimate of drug-likeness (QED) is 0.843. The molecule has 0 unspecified atom stereocenters. The van der Waals surface area contributed by atoms with Crippen LogP contribution in [0.3, 0.4) is 0 Å². The van der Waals surface area contributed by atoms with E-state index in [9.17, 15) is 18.0 Å². The van der Waals surface area contributed by atoms with Gasteiger partial charge in [-0.25, -0.2) is 0 Å². The Kier molecular flexibility index (Phi) is 4.93. The van der Waals surface area contributed by atoms with Gasteiger partial charge < -0.3 is 11.1 Å². The zero-order valence-corrected chi connectivity index (χ0v) is 12.8. The highest BCUT2D eigenvalue weighted by atomic mass is 79.9. The van der Waals surface area contributed by atoms with Gasteiger partial charge in [0.05, 0.1) is 11.1 Å². The van der Waals surface area contributed by atoms with E-state index in [1.54, 1.807) is 0 Å². The minimum absolute atomic E-state index is 0.201. The average molecular weight is 365 g/mol. The van der Waals surface area contributed by atoms with Gasteiger partial charge in [-0.15, -0.1) is 0 Å². The number of nitrogens with one attached hydrogen (secondary N) is 1. The number of carbonyl (C=O) groups excluding carboxylic acids is 1. The van der Waals surface area contributed by atoms with Crippen LogP contribution in [0.4, 0.5) is 13.2 Å². The Hall–Kier alpha value is -1.08. The summed E-state index contributed by atoms with van der Waals surface area (Å²) in [6, 6.07) is 3.04. The summed E-state index contributed by atoms with van der Waals surface area (Å²) in [5.74, 6) is -0.725. The molecule has 21 heavy (non-hydrogen) atoms. The first-order chi connectivity index (χ1) is 9.79. The van der Waals surface area contributed by atoms with Gasteiger partial charge in [0, 0.05) is 16.6 Å². The van der Waals surface area contributed by atoms with Gasteiger partial charge >= 0.3 is 6.18 Å². The maximum atomic E-state index is 13.0. The second-order valence-corrected chi connectivity index (χ2v) is 6.13. The number of amides is 1. The third-order valence-electron chi connectivity index (χ3n) is 3.67. The molecule has 2 rings (SSSR count). The van der Waals surface area contributed by atoms with E-state index in [1.807, 2.05) is 0 Å². The SMILES string of the molecule is N[C@@H]1CCCC[C@H]1NC(=O)c1ccc(Br)cc1C(F)(F)F. The van der Waals surface area contributed by atoms with Crippen molar-refractivity contribution < 1.29 is 18.0 Å². The highest BCUT2D eigenvalue weighted by Gasteiger charge is 2.36. The lowest BCUT2D eigenvalue weighted by Crippen LogP contribution is -2.49. The van der Waals surface area contributed by atoms with Gasteiger partial charge in [-0.2, -0.15) is 13.2 Å². The second kappa shape index (κ2) is 6.36. The molecule has 1 aliphatic rings. The van der Waals surface area contributed by atoms with Crippen molar-refractivity contribution in [3.05, 3.63) is 33.8 Å². The van der Waals surface area contributed by atoms with Gasteiger partial charge in [0.2, 0.25) is 0 Å². The van der Waals surface area contributed by atoms with Crippen LogP contribution in [0.25, 0.3) is 0 Å². The van der Waals surface area contributed by atoms with Gasteiger partial charge in [0.1, 0.15) is 0 Å². The van der Waals surface area contributed by atoms with Crippen LogP contribution < -0.4 is 11.1 Å². The molecule has 1 aliphatic carbocycles. The maximum absolute atomic E-state index is 13.0. The van der Waals surface area contributed by atoms with Crippen molar-refractivity contribution in [1.82, 2.24) is 5.32 Å². The lowest BCUT2D eigenvalue weighted by molar-refractivity contribution is -0.138. The number of hydrogen-bond donors (Lipinski definition) is 2. The van der Waals surface area contributed by atoms with Gasteiger partial charge in [-0.05, 0) is 31.0 Å². The van der Waals surface area contributed by atoms with Gasteiger partial charge in [-0.3, -0.25) is 4.79 Å². The van der Waals surface area contributed by atoms with E-state index in [-0.39, 0.29) is 22.1 Å². The minimum Gasteiger partial charge on any atom is -0.348 e. The van der Waals surface area contributed by atoms with Crippen molar-refractivity contribution in [2.75, 3.05) is 0 Å². The second-order valence-electron chi connectivity index (χ2n) is 5.22. The summed E-state index contributed by atoms with van der Waals surface area (Å²) in [5, 5.41) is 2.64. The molecule has 3 N–H and O–H groups in total. The first-order valence-corrected chi connectivity index (χ1v) is 7.51. The van der Waals surface area contributed by atoms with Crippen LogP contribution in [0.15, 0.2) is 22.7 Å². The van der Waals surface area contributed by atoms with Crippen LogP contribution in [-0.2, 0) is 6.18 Å². The maximum Gasteiger partial charge on any atom is 0.417 e. The Bertz CT molecular complexity index is 533. The number of rotatable bonds is 2. The molecule has 0 heterocycles. The number of nitrogens with two attached hydrogens (primary N) is 1. The molecule has 0 saturated heterocycles. The normalized spacial score (nSPS) is 22.9. The number of halogens is 4.